The van der Waals surface area contributed by atoms with Gasteiger partial charge in [0.25, 0.3) is 0 Å². The molecule has 2 N–H and O–H groups in total. The lowest BCUT2D eigenvalue weighted by molar-refractivity contribution is 0.180. The number of rotatable bonds is 14. The molecule has 1 rings (SSSR count). The topological polar surface area (TPSA) is 61.4 Å². The molecule has 0 radical (unpaired) electrons. The molecule has 0 unspecified atom stereocenters. The lowest BCUT2D eigenvalue weighted by Crippen LogP contribution is -2.41. The van der Waals surface area contributed by atoms with E-state index in [2.05, 4.69) is 46.5 Å². The predicted octanol–water partition coefficient (Wildman–Crippen LogP) is 2.27. The molecule has 7 nitrogen and oxygen atoms in total. The van der Waals surface area contributed by atoms with Gasteiger partial charge in [-0.05, 0) is 52.2 Å². The van der Waals surface area contributed by atoms with E-state index in [1.165, 1.54) is 0 Å². The summed E-state index contributed by atoms with van der Waals surface area (Å²) >= 11 is 0. The number of nitrogens with zero attached hydrogens (tertiary/aromatic N) is 3. The molecule has 0 bridgehead atoms. The molecule has 0 atom stereocenters. The van der Waals surface area contributed by atoms with Gasteiger partial charge in [-0.25, -0.2) is 4.99 Å². The first kappa shape index (κ1) is 27.9. The molecule has 0 amide bonds. The Balaban J connectivity index is 0.00000784. The minimum atomic E-state index is 0. The maximum Gasteiger partial charge on any atom is 0.191 e. The Morgan fingerprint density at radius 2 is 1.86 bits per heavy atom. The van der Waals surface area contributed by atoms with Gasteiger partial charge in [0.15, 0.2) is 5.96 Å². The monoisotopic (exact) mass is 521 g/mol. The number of hydrogen-bond acceptors (Lipinski definition) is 5. The van der Waals surface area contributed by atoms with Crippen LogP contribution in [-0.2, 0) is 11.3 Å². The van der Waals surface area contributed by atoms with Gasteiger partial charge in [-0.15, -0.1) is 24.0 Å². The van der Waals surface area contributed by atoms with Crippen LogP contribution in [0.25, 0.3) is 0 Å². The minimum Gasteiger partial charge on any atom is -0.492 e. The van der Waals surface area contributed by atoms with E-state index < -0.39 is 0 Å². The minimum absolute atomic E-state index is 0. The summed E-state index contributed by atoms with van der Waals surface area (Å²) in [5.41, 5.74) is 1.14. The van der Waals surface area contributed by atoms with Crippen LogP contribution in [0.2, 0.25) is 0 Å². The Hall–Kier alpha value is -1.10. The molecular formula is C21H40IN5O2. The van der Waals surface area contributed by atoms with E-state index in [-0.39, 0.29) is 24.0 Å². The summed E-state index contributed by atoms with van der Waals surface area (Å²) in [6, 6.07) is 8.15. The van der Waals surface area contributed by atoms with Crippen molar-refractivity contribution in [2.45, 2.75) is 19.9 Å². The van der Waals surface area contributed by atoms with Gasteiger partial charge in [0.1, 0.15) is 12.4 Å². The first-order chi connectivity index (χ1) is 13.5. The number of methoxy groups -OCH3 is 1. The van der Waals surface area contributed by atoms with Gasteiger partial charge < -0.3 is 29.9 Å². The maximum atomic E-state index is 5.81. The summed E-state index contributed by atoms with van der Waals surface area (Å²) in [7, 11) is 7.96. The molecular weight excluding hydrogens is 481 g/mol. The normalized spacial score (nSPS) is 11.5. The second-order valence-electron chi connectivity index (χ2n) is 7.07. The van der Waals surface area contributed by atoms with E-state index in [0.29, 0.717) is 13.2 Å². The average molecular weight is 521 g/mol. The number of nitrogens with one attached hydrogen (secondary N) is 2. The summed E-state index contributed by atoms with van der Waals surface area (Å²) in [4.78, 5) is 9.10. The van der Waals surface area contributed by atoms with Crippen molar-refractivity contribution in [2.75, 3.05) is 74.2 Å². The number of hydrogen-bond donors (Lipinski definition) is 2. The quantitative estimate of drug-likeness (QED) is 0.170. The van der Waals surface area contributed by atoms with Gasteiger partial charge in [-0.1, -0.05) is 12.1 Å². The average Bonchev–Trinajstić information content (AvgIpc) is 2.66. The van der Waals surface area contributed by atoms with Gasteiger partial charge in [-0.2, -0.15) is 0 Å². The van der Waals surface area contributed by atoms with E-state index in [0.717, 1.165) is 63.0 Å². The van der Waals surface area contributed by atoms with Crippen LogP contribution in [0.4, 0.5) is 0 Å². The molecule has 1 aromatic rings. The van der Waals surface area contributed by atoms with E-state index in [4.69, 9.17) is 14.5 Å². The molecule has 0 aromatic heterocycles. The fourth-order valence-electron chi connectivity index (χ4n) is 2.55. The third-order valence-corrected chi connectivity index (χ3v) is 4.14. The van der Waals surface area contributed by atoms with Crippen molar-refractivity contribution < 1.29 is 9.47 Å². The standard InChI is InChI=1S/C21H39N5O2.HI/c1-6-22-21(23-11-13-26(4)12-8-15-27-5)24-18-19-9-7-10-20(17-19)28-16-14-25(2)3;/h7,9-10,17H,6,8,11-16,18H2,1-5H3,(H2,22,23,24);1H. The van der Waals surface area contributed by atoms with Gasteiger partial charge >= 0.3 is 0 Å². The highest BCUT2D eigenvalue weighted by Gasteiger charge is 2.02. The third kappa shape index (κ3) is 14.5. The third-order valence-electron chi connectivity index (χ3n) is 4.14. The molecule has 8 heteroatoms. The van der Waals surface area contributed by atoms with Crippen molar-refractivity contribution in [1.29, 1.82) is 0 Å². The first-order valence-corrected chi connectivity index (χ1v) is 10.1. The summed E-state index contributed by atoms with van der Waals surface area (Å²) in [6.07, 6.45) is 1.05. The fourth-order valence-corrected chi connectivity index (χ4v) is 2.55. The van der Waals surface area contributed by atoms with Crippen LogP contribution in [0.5, 0.6) is 5.75 Å². The lowest BCUT2D eigenvalue weighted by Gasteiger charge is -2.18. The van der Waals surface area contributed by atoms with Crippen molar-refractivity contribution in [2.24, 2.45) is 4.99 Å². The van der Waals surface area contributed by atoms with Crippen LogP contribution >= 0.6 is 24.0 Å². The van der Waals surface area contributed by atoms with Crippen LogP contribution in [0.1, 0.15) is 18.9 Å². The highest BCUT2D eigenvalue weighted by molar-refractivity contribution is 14.0. The number of aliphatic imine (C=N–C) groups is 1. The number of halogens is 1. The zero-order chi connectivity index (χ0) is 20.6. The Kier molecular flexibility index (Phi) is 17.1. The molecule has 0 saturated carbocycles. The van der Waals surface area contributed by atoms with Crippen molar-refractivity contribution in [1.82, 2.24) is 20.4 Å². The Labute approximate surface area is 194 Å². The number of benzene rings is 1. The van der Waals surface area contributed by atoms with Crippen molar-refractivity contribution in [3.05, 3.63) is 29.8 Å². The van der Waals surface area contributed by atoms with Crippen LogP contribution in [0.15, 0.2) is 29.3 Å². The highest BCUT2D eigenvalue weighted by atomic mass is 127. The van der Waals surface area contributed by atoms with Crippen molar-refractivity contribution in [3.63, 3.8) is 0 Å². The van der Waals surface area contributed by atoms with E-state index >= 15 is 0 Å². The molecule has 1 aromatic carbocycles. The van der Waals surface area contributed by atoms with Gasteiger partial charge in [0.05, 0.1) is 6.54 Å². The molecule has 0 spiro atoms. The lowest BCUT2D eigenvalue weighted by atomic mass is 10.2. The Morgan fingerprint density at radius 3 is 2.55 bits per heavy atom. The van der Waals surface area contributed by atoms with Gasteiger partial charge in [0, 0.05) is 46.4 Å². The van der Waals surface area contributed by atoms with Crippen LogP contribution < -0.4 is 15.4 Å². The summed E-state index contributed by atoms with van der Waals surface area (Å²) in [5.74, 6) is 1.73. The van der Waals surface area contributed by atoms with E-state index in [1.54, 1.807) is 7.11 Å². The maximum absolute atomic E-state index is 5.81. The SMILES string of the molecule is CCNC(=NCc1cccc(OCCN(C)C)c1)NCCN(C)CCCOC.I. The molecule has 29 heavy (non-hydrogen) atoms. The van der Waals surface area contributed by atoms with Gasteiger partial charge in [-0.3, -0.25) is 0 Å². The van der Waals surface area contributed by atoms with Crippen LogP contribution in [0.3, 0.4) is 0 Å². The molecule has 0 aliphatic rings. The molecule has 168 valence electrons. The summed E-state index contributed by atoms with van der Waals surface area (Å²) < 4.78 is 10.9. The fraction of sp³-hybridized carbons (Fsp3) is 0.667. The molecule has 0 saturated heterocycles. The van der Waals surface area contributed by atoms with Gasteiger partial charge in [0.2, 0.25) is 0 Å². The summed E-state index contributed by atoms with van der Waals surface area (Å²) in [6.45, 7) is 8.76. The smallest absolute Gasteiger partial charge is 0.191 e. The molecule has 0 heterocycles. The Morgan fingerprint density at radius 1 is 1.07 bits per heavy atom. The second kappa shape index (κ2) is 17.7. The van der Waals surface area contributed by atoms with Crippen LogP contribution in [0, 0.1) is 0 Å². The zero-order valence-electron chi connectivity index (χ0n) is 18.7. The number of ether oxygens (including phenoxy) is 2. The van der Waals surface area contributed by atoms with E-state index in [9.17, 15) is 0 Å². The summed E-state index contributed by atoms with van der Waals surface area (Å²) in [5, 5.41) is 6.71. The zero-order valence-corrected chi connectivity index (χ0v) is 21.1. The highest BCUT2D eigenvalue weighted by Crippen LogP contribution is 2.14. The molecule has 0 aliphatic heterocycles. The number of guanidine groups is 1. The predicted molar refractivity (Wildman–Crippen MR) is 133 cm³/mol. The number of likely N-dealkylation sites (N-methyl/N-ethyl adjacent to an activating group) is 2. The second-order valence-corrected chi connectivity index (χ2v) is 7.07. The first-order valence-electron chi connectivity index (χ1n) is 10.1. The van der Waals surface area contributed by atoms with Crippen molar-refractivity contribution in [3.8, 4) is 5.75 Å². The van der Waals surface area contributed by atoms with E-state index in [1.807, 2.05) is 26.2 Å². The molecule has 0 aliphatic carbocycles. The molecule has 0 fully saturated rings. The van der Waals surface area contributed by atoms with Crippen LogP contribution in [-0.4, -0.2) is 89.9 Å². The van der Waals surface area contributed by atoms with Crippen molar-refractivity contribution >= 4 is 29.9 Å². The largest absolute Gasteiger partial charge is 0.492 e. The Bertz CT molecular complexity index is 558.